The molecule has 0 aromatic heterocycles. The van der Waals surface area contributed by atoms with Crippen LogP contribution in [-0.4, -0.2) is 123 Å². The quantitative estimate of drug-likeness (QED) is 0.206. The lowest BCUT2D eigenvalue weighted by atomic mass is 9.47. The van der Waals surface area contributed by atoms with Crippen molar-refractivity contribution < 1.29 is 54.3 Å². The van der Waals surface area contributed by atoms with Gasteiger partial charge in [-0.25, -0.2) is 0 Å². The van der Waals surface area contributed by atoms with Gasteiger partial charge in [-0.2, -0.15) is 0 Å². The van der Waals surface area contributed by atoms with Crippen molar-refractivity contribution in [2.75, 3.05) is 13.2 Å². The molecule has 4 aliphatic carbocycles. The molecule has 0 bridgehead atoms. The third-order valence-corrected chi connectivity index (χ3v) is 15.8. The molecular formula is C39H63NO11. The van der Waals surface area contributed by atoms with Crippen molar-refractivity contribution in [1.29, 1.82) is 0 Å². The van der Waals surface area contributed by atoms with E-state index in [1.54, 1.807) is 6.92 Å². The second kappa shape index (κ2) is 13.5. The normalized spacial score (nSPS) is 58.4. The minimum absolute atomic E-state index is 0.119. The molecule has 0 aromatic carbocycles. The van der Waals surface area contributed by atoms with Crippen LogP contribution in [0.2, 0.25) is 0 Å². The molecule has 3 saturated carbocycles. The Morgan fingerprint density at radius 3 is 2.31 bits per heavy atom. The highest BCUT2D eigenvalue weighted by Crippen LogP contribution is 2.70. The lowest BCUT2D eigenvalue weighted by Gasteiger charge is -2.59. The Hall–Kier alpha value is -0.740. The highest BCUT2D eigenvalue weighted by molar-refractivity contribution is 5.26. The SMILES string of the molecule is C[C@@H]1CC[C@@]2(NC1)O[C@H]1C[C@H]3[C@@H]4CC=C5C[C@@H](O[C@H]6[C@@H](O)[C@@H](O)[C@H](O[C@H]7O[C@H](CO)[C@@H](O)[C@H](O)[C@H]7O)O[C@@H]6C)CC[C@]5(C)[C@H]4CC[C@]3(C)[C@H]1[C@@H]2C. The van der Waals surface area contributed by atoms with Crippen molar-refractivity contribution in [2.45, 2.75) is 172 Å². The Bertz CT molecular complexity index is 1310. The number of aliphatic hydroxyl groups is 6. The summed E-state index contributed by atoms with van der Waals surface area (Å²) < 4.78 is 30.7. The summed E-state index contributed by atoms with van der Waals surface area (Å²) in [6.45, 7) is 12.1. The lowest BCUT2D eigenvalue weighted by Crippen LogP contribution is -2.63. The van der Waals surface area contributed by atoms with Crippen LogP contribution in [0, 0.1) is 46.3 Å². The third-order valence-electron chi connectivity index (χ3n) is 15.8. The van der Waals surface area contributed by atoms with Crippen LogP contribution in [0.5, 0.6) is 0 Å². The predicted molar refractivity (Wildman–Crippen MR) is 184 cm³/mol. The molecule has 290 valence electrons. The largest absolute Gasteiger partial charge is 0.394 e. The van der Waals surface area contributed by atoms with Gasteiger partial charge in [-0.15, -0.1) is 0 Å². The van der Waals surface area contributed by atoms with Crippen LogP contribution in [0.1, 0.15) is 92.4 Å². The summed E-state index contributed by atoms with van der Waals surface area (Å²) in [7, 11) is 0. The van der Waals surface area contributed by atoms with Gasteiger partial charge in [0.2, 0.25) is 0 Å². The van der Waals surface area contributed by atoms with E-state index in [-0.39, 0.29) is 17.2 Å². The number of allylic oxidation sites excluding steroid dienone is 1. The van der Waals surface area contributed by atoms with Crippen LogP contribution in [0.25, 0.3) is 0 Å². The van der Waals surface area contributed by atoms with Gasteiger partial charge >= 0.3 is 0 Å². The average Bonchev–Trinajstić information content (AvgIpc) is 3.56. The van der Waals surface area contributed by atoms with Gasteiger partial charge in [0, 0.05) is 12.5 Å². The van der Waals surface area contributed by atoms with E-state index in [1.807, 2.05) is 0 Å². The van der Waals surface area contributed by atoms with E-state index in [9.17, 15) is 30.6 Å². The van der Waals surface area contributed by atoms with E-state index in [2.05, 4.69) is 39.1 Å². The van der Waals surface area contributed by atoms with Gasteiger partial charge in [0.05, 0.1) is 24.9 Å². The molecule has 1 spiro atoms. The molecule has 21 atom stereocenters. The Morgan fingerprint density at radius 1 is 0.843 bits per heavy atom. The van der Waals surface area contributed by atoms with Crippen LogP contribution in [0.3, 0.4) is 0 Å². The summed E-state index contributed by atoms with van der Waals surface area (Å²) in [5, 5.41) is 66.3. The minimum Gasteiger partial charge on any atom is -0.394 e. The molecule has 4 saturated heterocycles. The molecule has 12 nitrogen and oxygen atoms in total. The van der Waals surface area contributed by atoms with Crippen molar-refractivity contribution in [3.63, 3.8) is 0 Å². The third kappa shape index (κ3) is 5.84. The van der Waals surface area contributed by atoms with Crippen molar-refractivity contribution in [3.05, 3.63) is 11.6 Å². The summed E-state index contributed by atoms with van der Waals surface area (Å²) in [6, 6.07) is 0. The minimum atomic E-state index is -1.65. The Labute approximate surface area is 302 Å². The highest BCUT2D eigenvalue weighted by Gasteiger charge is 2.68. The van der Waals surface area contributed by atoms with Crippen molar-refractivity contribution >= 4 is 0 Å². The number of aliphatic hydroxyl groups excluding tert-OH is 6. The summed E-state index contributed by atoms with van der Waals surface area (Å²) >= 11 is 0. The molecule has 0 radical (unpaired) electrons. The topological polar surface area (TPSA) is 180 Å². The zero-order valence-electron chi connectivity index (χ0n) is 31.0. The molecule has 8 aliphatic rings. The molecule has 7 fully saturated rings. The van der Waals surface area contributed by atoms with E-state index < -0.39 is 68.0 Å². The molecule has 0 aromatic rings. The lowest BCUT2D eigenvalue weighted by molar-refractivity contribution is -0.377. The molecule has 12 heteroatoms. The Kier molecular flexibility index (Phi) is 9.83. The number of fused-ring (bicyclic) bond motifs is 7. The first kappa shape index (κ1) is 37.2. The van der Waals surface area contributed by atoms with E-state index >= 15 is 0 Å². The van der Waals surface area contributed by atoms with E-state index in [0.717, 1.165) is 38.6 Å². The standard InChI is InChI=1S/C39H63NO11/c1-18-8-13-39(40-16-18)19(2)28-26(51-39)15-25-23-7-6-21-14-22(9-11-37(21,4)24(23)10-12-38(25,28)5)48-34-20(3)47-35(33(46)31(34)44)50-36-32(45)30(43)29(42)27(17-41)49-36/h6,18-20,22-36,40-46H,7-17H2,1-5H3/t18-,19+,20-,22+,23-,24+,25+,26+,27-,28+,29-,30+,31+,32-,33-,34-,35+,36-,37+,38+,39-/m1/s1. The number of piperidine rings is 1. The van der Waals surface area contributed by atoms with Gasteiger partial charge < -0.3 is 54.3 Å². The number of nitrogens with one attached hydrogen (secondary N) is 1. The van der Waals surface area contributed by atoms with Crippen LogP contribution < -0.4 is 5.32 Å². The van der Waals surface area contributed by atoms with E-state index in [0.29, 0.717) is 47.0 Å². The first-order chi connectivity index (χ1) is 24.2. The van der Waals surface area contributed by atoms with Crippen molar-refractivity contribution in [1.82, 2.24) is 5.32 Å². The van der Waals surface area contributed by atoms with E-state index in [1.165, 1.54) is 31.3 Å². The van der Waals surface area contributed by atoms with Gasteiger partial charge in [0.1, 0.15) is 48.5 Å². The van der Waals surface area contributed by atoms with Crippen LogP contribution in [-0.2, 0) is 23.7 Å². The zero-order valence-corrected chi connectivity index (χ0v) is 31.0. The van der Waals surface area contributed by atoms with Crippen LogP contribution in [0.4, 0.5) is 0 Å². The maximum absolute atomic E-state index is 11.2. The summed E-state index contributed by atoms with van der Waals surface area (Å²) in [5.74, 6) is 3.82. The highest BCUT2D eigenvalue weighted by atomic mass is 16.8. The predicted octanol–water partition coefficient (Wildman–Crippen LogP) is 1.96. The molecule has 0 amide bonds. The van der Waals surface area contributed by atoms with E-state index in [4.69, 9.17) is 23.7 Å². The fourth-order valence-electron chi connectivity index (χ4n) is 12.8. The van der Waals surface area contributed by atoms with Gasteiger partial charge in [-0.05, 0) is 105 Å². The molecular weight excluding hydrogens is 658 g/mol. The maximum Gasteiger partial charge on any atom is 0.189 e. The van der Waals surface area contributed by atoms with Gasteiger partial charge in [-0.3, -0.25) is 5.32 Å². The molecule has 0 unspecified atom stereocenters. The number of hydrogen-bond donors (Lipinski definition) is 7. The van der Waals surface area contributed by atoms with Gasteiger partial charge in [0.15, 0.2) is 12.6 Å². The molecule has 8 rings (SSSR count). The first-order valence-corrected chi connectivity index (χ1v) is 20.0. The fourth-order valence-corrected chi connectivity index (χ4v) is 12.8. The number of hydrogen-bond acceptors (Lipinski definition) is 12. The molecule has 4 aliphatic heterocycles. The maximum atomic E-state index is 11.2. The van der Waals surface area contributed by atoms with Gasteiger partial charge in [0.25, 0.3) is 0 Å². The summed E-state index contributed by atoms with van der Waals surface area (Å²) in [5.41, 5.74) is 1.75. The molecule has 4 heterocycles. The van der Waals surface area contributed by atoms with Crippen LogP contribution in [0.15, 0.2) is 11.6 Å². The summed E-state index contributed by atoms with van der Waals surface area (Å²) in [4.78, 5) is 0. The van der Waals surface area contributed by atoms with Gasteiger partial charge in [-0.1, -0.05) is 39.3 Å². The number of ether oxygens (including phenoxy) is 5. The monoisotopic (exact) mass is 721 g/mol. The first-order valence-electron chi connectivity index (χ1n) is 20.0. The molecule has 51 heavy (non-hydrogen) atoms. The second-order valence-electron chi connectivity index (χ2n) is 18.4. The van der Waals surface area contributed by atoms with Crippen molar-refractivity contribution in [2.24, 2.45) is 46.3 Å². The second-order valence-corrected chi connectivity index (χ2v) is 18.4. The average molecular weight is 722 g/mol. The smallest absolute Gasteiger partial charge is 0.189 e. The summed E-state index contributed by atoms with van der Waals surface area (Å²) in [6.07, 6.45) is -0.668. The number of rotatable bonds is 5. The van der Waals surface area contributed by atoms with Crippen molar-refractivity contribution in [3.8, 4) is 0 Å². The Morgan fingerprint density at radius 2 is 1.59 bits per heavy atom. The zero-order chi connectivity index (χ0) is 36.2. The fraction of sp³-hybridized carbons (Fsp3) is 0.949. The molecule has 7 N–H and O–H groups in total. The van der Waals surface area contributed by atoms with Crippen LogP contribution >= 0.6 is 0 Å². The Balaban J connectivity index is 0.904.